The second-order valence-electron chi connectivity index (χ2n) is 8.12. The van der Waals surface area contributed by atoms with E-state index in [0.717, 1.165) is 35.7 Å². The number of halogens is 1. The van der Waals surface area contributed by atoms with Crippen LogP contribution in [0.5, 0.6) is 5.75 Å². The number of nitrogens with zero attached hydrogens (tertiary/aromatic N) is 1. The number of hydrogen-bond donors (Lipinski definition) is 1. The zero-order chi connectivity index (χ0) is 22.7. The van der Waals surface area contributed by atoms with Gasteiger partial charge in [0.25, 0.3) is 0 Å². The smallest absolute Gasteiger partial charge is 0.229 e. The Morgan fingerprint density at radius 3 is 2.34 bits per heavy atom. The summed E-state index contributed by atoms with van der Waals surface area (Å²) in [4.78, 5) is 15.5. The van der Waals surface area contributed by atoms with Crippen molar-refractivity contribution in [3.63, 3.8) is 0 Å². The lowest BCUT2D eigenvalue weighted by molar-refractivity contribution is -0.119. The number of hydrogen-bond acceptors (Lipinski definition) is 3. The summed E-state index contributed by atoms with van der Waals surface area (Å²) in [5, 5.41) is 3.79. The summed E-state index contributed by atoms with van der Waals surface area (Å²) in [6, 6.07) is 20.0. The largest absolute Gasteiger partial charge is 0.497 e. The average molecular weight is 449 g/mol. The summed E-state index contributed by atoms with van der Waals surface area (Å²) in [7, 11) is 1.66. The van der Waals surface area contributed by atoms with E-state index in [0.29, 0.717) is 18.0 Å². The number of methoxy groups -OCH3 is 1. The Morgan fingerprint density at radius 2 is 1.72 bits per heavy atom. The number of anilines is 3. The summed E-state index contributed by atoms with van der Waals surface area (Å²) < 4.78 is 5.33. The van der Waals surface area contributed by atoms with E-state index in [2.05, 4.69) is 42.3 Å². The molecule has 0 saturated carbocycles. The van der Waals surface area contributed by atoms with Crippen molar-refractivity contribution in [3.05, 3.63) is 82.4 Å². The average Bonchev–Trinajstić information content (AvgIpc) is 2.95. The van der Waals surface area contributed by atoms with Crippen LogP contribution in [-0.2, 0) is 24.1 Å². The lowest BCUT2D eigenvalue weighted by Gasteiger charge is -2.27. The minimum Gasteiger partial charge on any atom is -0.497 e. The fourth-order valence-electron chi connectivity index (χ4n) is 4.49. The van der Waals surface area contributed by atoms with Crippen molar-refractivity contribution in [2.45, 2.75) is 33.1 Å². The van der Waals surface area contributed by atoms with Gasteiger partial charge in [-0.3, -0.25) is 4.79 Å². The van der Waals surface area contributed by atoms with Crippen molar-refractivity contribution in [1.82, 2.24) is 0 Å². The number of amides is 1. The van der Waals surface area contributed by atoms with E-state index in [9.17, 15) is 4.79 Å². The van der Waals surface area contributed by atoms with Crippen molar-refractivity contribution < 1.29 is 9.53 Å². The highest BCUT2D eigenvalue weighted by atomic mass is 35.5. The van der Waals surface area contributed by atoms with Gasteiger partial charge in [0.05, 0.1) is 24.4 Å². The number of fused-ring (bicyclic) bond motifs is 1. The predicted molar refractivity (Wildman–Crippen MR) is 132 cm³/mol. The normalized spacial score (nSPS) is 15.7. The molecule has 1 aliphatic rings. The Hall–Kier alpha value is -2.98. The Balaban J connectivity index is 1.76. The molecule has 4 rings (SSSR count). The molecular formula is C27H29ClN2O2. The fourth-order valence-corrected chi connectivity index (χ4v) is 4.66. The highest BCUT2D eigenvalue weighted by Crippen LogP contribution is 2.39. The van der Waals surface area contributed by atoms with Gasteiger partial charge in [0, 0.05) is 17.3 Å². The molecule has 1 unspecified atom stereocenters. The van der Waals surface area contributed by atoms with Crippen LogP contribution in [0.15, 0.2) is 60.7 Å². The number of aryl methyl sites for hydroxylation is 2. The second kappa shape index (κ2) is 9.66. The van der Waals surface area contributed by atoms with Crippen molar-refractivity contribution in [2.75, 3.05) is 23.9 Å². The lowest BCUT2D eigenvalue weighted by Crippen LogP contribution is -2.32. The predicted octanol–water partition coefficient (Wildman–Crippen LogP) is 6.42. The summed E-state index contributed by atoms with van der Waals surface area (Å²) in [5.74, 6) is 0.629. The van der Waals surface area contributed by atoms with Gasteiger partial charge in [-0.1, -0.05) is 43.6 Å². The molecule has 5 heteroatoms. The zero-order valence-corrected chi connectivity index (χ0v) is 19.6. The topological polar surface area (TPSA) is 41.6 Å². The van der Waals surface area contributed by atoms with E-state index >= 15 is 0 Å². The van der Waals surface area contributed by atoms with E-state index < -0.39 is 0 Å². The van der Waals surface area contributed by atoms with Crippen LogP contribution in [0.4, 0.5) is 17.1 Å². The van der Waals surface area contributed by atoms with Gasteiger partial charge in [-0.2, -0.15) is 0 Å². The number of rotatable bonds is 6. The van der Waals surface area contributed by atoms with Gasteiger partial charge in [-0.05, 0) is 78.4 Å². The maximum absolute atomic E-state index is 13.4. The maximum Gasteiger partial charge on any atom is 0.229 e. The first-order chi connectivity index (χ1) is 15.5. The molecule has 0 saturated heterocycles. The van der Waals surface area contributed by atoms with Crippen LogP contribution in [-0.4, -0.2) is 19.6 Å². The van der Waals surface area contributed by atoms with Crippen LogP contribution in [0.2, 0.25) is 5.02 Å². The van der Waals surface area contributed by atoms with Crippen LogP contribution in [0.1, 0.15) is 30.5 Å². The van der Waals surface area contributed by atoms with Gasteiger partial charge in [-0.25, -0.2) is 0 Å². The van der Waals surface area contributed by atoms with Crippen LogP contribution >= 0.6 is 11.6 Å². The summed E-state index contributed by atoms with van der Waals surface area (Å²) in [5.41, 5.74) is 6.61. The Bertz CT molecular complexity index is 1090. The van der Waals surface area contributed by atoms with Gasteiger partial charge in [0.15, 0.2) is 0 Å². The van der Waals surface area contributed by atoms with Gasteiger partial charge < -0.3 is 15.0 Å². The van der Waals surface area contributed by atoms with E-state index in [4.69, 9.17) is 16.3 Å². The van der Waals surface area contributed by atoms with Crippen molar-refractivity contribution in [2.24, 2.45) is 5.92 Å². The highest BCUT2D eigenvalue weighted by Gasteiger charge is 2.30. The first-order valence-electron chi connectivity index (χ1n) is 11.2. The Labute approximate surface area is 195 Å². The number of nitrogens with one attached hydrogen (secondary N) is 1. The first-order valence-corrected chi connectivity index (χ1v) is 11.5. The van der Waals surface area contributed by atoms with E-state index in [1.165, 1.54) is 16.7 Å². The third-order valence-electron chi connectivity index (χ3n) is 6.25. The molecule has 0 aromatic heterocycles. The molecule has 0 aliphatic carbocycles. The van der Waals surface area contributed by atoms with Crippen LogP contribution in [0.25, 0.3) is 0 Å². The quantitative estimate of drug-likeness (QED) is 0.472. The molecule has 0 fully saturated rings. The molecule has 166 valence electrons. The molecule has 0 radical (unpaired) electrons. The Morgan fingerprint density at radius 1 is 1.03 bits per heavy atom. The van der Waals surface area contributed by atoms with Gasteiger partial charge in [0.1, 0.15) is 5.75 Å². The van der Waals surface area contributed by atoms with Gasteiger partial charge in [0.2, 0.25) is 5.91 Å². The molecule has 4 nitrogen and oxygen atoms in total. The highest BCUT2D eigenvalue weighted by molar-refractivity contribution is 6.31. The molecule has 1 N–H and O–H groups in total. The third kappa shape index (κ3) is 4.46. The fraction of sp³-hybridized carbons (Fsp3) is 0.296. The minimum absolute atomic E-state index is 0.0394. The third-order valence-corrected chi connectivity index (χ3v) is 6.48. The molecular weight excluding hydrogens is 420 g/mol. The summed E-state index contributed by atoms with van der Waals surface area (Å²) >= 11 is 6.35. The van der Waals surface area contributed by atoms with E-state index in [1.54, 1.807) is 7.11 Å². The van der Waals surface area contributed by atoms with Crippen molar-refractivity contribution in [3.8, 4) is 5.75 Å². The molecule has 3 aromatic carbocycles. The van der Waals surface area contributed by atoms with Crippen molar-refractivity contribution in [1.29, 1.82) is 0 Å². The molecule has 32 heavy (non-hydrogen) atoms. The molecule has 1 heterocycles. The minimum atomic E-state index is -0.207. The first kappa shape index (κ1) is 22.2. The lowest BCUT2D eigenvalue weighted by atomic mass is 9.89. The SMILES string of the molecule is CCc1cccc(CC)c1CC1CN(c2ccc(OC)cc2)c2cc(Cl)ccc2NC1=O. The maximum atomic E-state index is 13.4. The molecule has 0 bridgehead atoms. The van der Waals surface area contributed by atoms with Crippen LogP contribution in [0, 0.1) is 5.92 Å². The van der Waals surface area contributed by atoms with Crippen LogP contribution < -0.4 is 15.0 Å². The zero-order valence-electron chi connectivity index (χ0n) is 18.8. The second-order valence-corrected chi connectivity index (χ2v) is 8.56. The summed E-state index contributed by atoms with van der Waals surface area (Å²) in [6.45, 7) is 4.91. The van der Waals surface area contributed by atoms with Gasteiger partial charge in [-0.15, -0.1) is 0 Å². The number of benzene rings is 3. The Kier molecular flexibility index (Phi) is 6.71. The monoisotopic (exact) mass is 448 g/mol. The van der Waals surface area contributed by atoms with Crippen molar-refractivity contribution >= 4 is 34.6 Å². The molecule has 1 atom stereocenters. The summed E-state index contributed by atoms with van der Waals surface area (Å²) in [6.07, 6.45) is 2.61. The van der Waals surface area contributed by atoms with E-state index in [1.807, 2.05) is 42.5 Å². The van der Waals surface area contributed by atoms with Gasteiger partial charge >= 0.3 is 0 Å². The van der Waals surface area contributed by atoms with Crippen LogP contribution in [0.3, 0.4) is 0 Å². The number of carbonyl (C=O) groups excluding carboxylic acids is 1. The number of ether oxygens (including phenoxy) is 1. The molecule has 3 aromatic rings. The van der Waals surface area contributed by atoms with E-state index in [-0.39, 0.29) is 11.8 Å². The molecule has 0 spiro atoms. The molecule has 1 aliphatic heterocycles. The molecule has 1 amide bonds. The standard InChI is InChI=1S/C27H29ClN2O2/c1-4-18-7-6-8-19(5-2)24(18)15-20-17-30(22-10-12-23(32-3)13-11-22)26-16-21(28)9-14-25(26)29-27(20)31/h6-14,16,20H,4-5,15,17H2,1-3H3,(H,29,31). The number of carbonyl (C=O) groups is 1.